The van der Waals surface area contributed by atoms with Crippen LogP contribution in [0.25, 0.3) is 100 Å². The fourth-order valence-electron chi connectivity index (χ4n) is 7.06. The molecule has 51 heavy (non-hydrogen) atoms. The Hall–Kier alpha value is -6.98. The van der Waals surface area contributed by atoms with E-state index in [0.29, 0.717) is 17.5 Å². The molecule has 0 fully saturated rings. The summed E-state index contributed by atoms with van der Waals surface area (Å²) in [7, 11) is 0. The van der Waals surface area contributed by atoms with Crippen LogP contribution >= 0.6 is 0 Å². The van der Waals surface area contributed by atoms with Crippen LogP contribution in [0, 0.1) is 0 Å². The van der Waals surface area contributed by atoms with Gasteiger partial charge in [-0.1, -0.05) is 133 Å². The maximum Gasteiger partial charge on any atom is 0.164 e. The third-order valence-corrected chi connectivity index (χ3v) is 9.52. The number of para-hydroxylation sites is 1. The van der Waals surface area contributed by atoms with Gasteiger partial charge in [0, 0.05) is 49.2 Å². The third-order valence-electron chi connectivity index (χ3n) is 9.52. The van der Waals surface area contributed by atoms with Gasteiger partial charge in [0.15, 0.2) is 17.5 Å². The van der Waals surface area contributed by atoms with Crippen molar-refractivity contribution in [3.05, 3.63) is 170 Å². The molecule has 3 heterocycles. The Morgan fingerprint density at radius 3 is 1.53 bits per heavy atom. The van der Waals surface area contributed by atoms with Crippen LogP contribution in [0.2, 0.25) is 0 Å². The maximum atomic E-state index is 6.51. The van der Waals surface area contributed by atoms with Crippen molar-refractivity contribution < 1.29 is 4.42 Å². The summed E-state index contributed by atoms with van der Waals surface area (Å²) in [5, 5.41) is 5.33. The van der Waals surface area contributed by atoms with Crippen LogP contribution in [-0.4, -0.2) is 19.9 Å². The molecule has 3 aromatic heterocycles. The molecule has 238 valence electrons. The summed E-state index contributed by atoms with van der Waals surface area (Å²) in [6.45, 7) is 0. The quantitative estimate of drug-likeness (QED) is 0.173. The molecular weight excluding hydrogens is 625 g/mol. The predicted octanol–water partition coefficient (Wildman–Crippen LogP) is 11.8. The molecule has 10 rings (SSSR count). The van der Waals surface area contributed by atoms with Gasteiger partial charge in [0.2, 0.25) is 0 Å². The average Bonchev–Trinajstić information content (AvgIpc) is 3.59. The summed E-state index contributed by atoms with van der Waals surface area (Å²) in [4.78, 5) is 20.2. The van der Waals surface area contributed by atoms with E-state index in [1.807, 2.05) is 60.7 Å². The highest BCUT2D eigenvalue weighted by atomic mass is 16.3. The molecule has 5 heteroatoms. The molecule has 10 aromatic rings. The molecule has 0 aliphatic heterocycles. The standard InChI is InChI=1S/C46H28N4O/c1-4-12-29(13-5-1)30-20-22-33(23-21-30)45-48-44(32-16-8-3-9-17-32)49-46(50-45)34-24-26-39-37(28-34)42-40(51-39)27-25-36-41(42)35-18-10-11-19-38(35)47-43(36)31-14-6-2-7-15-31/h1-28H. The first-order valence-electron chi connectivity index (χ1n) is 17.0. The summed E-state index contributed by atoms with van der Waals surface area (Å²) in [5.74, 6) is 1.83. The largest absolute Gasteiger partial charge is 0.456 e. The normalized spacial score (nSPS) is 11.5. The van der Waals surface area contributed by atoms with Crippen molar-refractivity contribution in [3.63, 3.8) is 0 Å². The number of pyridine rings is 1. The van der Waals surface area contributed by atoms with Crippen molar-refractivity contribution in [3.8, 4) is 56.5 Å². The molecule has 5 nitrogen and oxygen atoms in total. The first kappa shape index (κ1) is 29.0. The fraction of sp³-hybridized carbons (Fsp3) is 0. The number of rotatable bonds is 5. The van der Waals surface area contributed by atoms with E-state index in [2.05, 4.69) is 109 Å². The Morgan fingerprint density at radius 2 is 0.824 bits per heavy atom. The Labute approximate surface area is 293 Å². The molecule has 0 aliphatic carbocycles. The Morgan fingerprint density at radius 1 is 0.314 bits per heavy atom. The number of aromatic nitrogens is 4. The second-order valence-corrected chi connectivity index (χ2v) is 12.6. The zero-order valence-electron chi connectivity index (χ0n) is 27.4. The Bertz CT molecular complexity index is 2890. The van der Waals surface area contributed by atoms with Gasteiger partial charge in [0.25, 0.3) is 0 Å². The van der Waals surface area contributed by atoms with Gasteiger partial charge in [-0.25, -0.2) is 19.9 Å². The molecule has 0 amide bonds. The van der Waals surface area contributed by atoms with Crippen molar-refractivity contribution in [2.45, 2.75) is 0 Å². The van der Waals surface area contributed by atoms with E-state index < -0.39 is 0 Å². The number of hydrogen-bond donors (Lipinski definition) is 0. The van der Waals surface area contributed by atoms with Crippen LogP contribution in [0.3, 0.4) is 0 Å². The number of fused-ring (bicyclic) bond motifs is 7. The molecule has 0 atom stereocenters. The molecule has 0 bridgehead atoms. The highest BCUT2D eigenvalue weighted by Gasteiger charge is 2.19. The summed E-state index contributed by atoms with van der Waals surface area (Å²) >= 11 is 0. The first-order valence-corrected chi connectivity index (χ1v) is 17.0. The molecule has 0 spiro atoms. The molecular formula is C46H28N4O. The van der Waals surface area contributed by atoms with Crippen LogP contribution < -0.4 is 0 Å². The minimum atomic E-state index is 0.596. The van der Waals surface area contributed by atoms with E-state index in [-0.39, 0.29) is 0 Å². The fourth-order valence-corrected chi connectivity index (χ4v) is 7.06. The lowest BCUT2D eigenvalue weighted by atomic mass is 9.96. The molecule has 7 aromatic carbocycles. The zero-order chi connectivity index (χ0) is 33.7. The van der Waals surface area contributed by atoms with E-state index in [1.54, 1.807) is 0 Å². The van der Waals surface area contributed by atoms with Gasteiger partial charge in [-0.2, -0.15) is 0 Å². The Balaban J connectivity index is 1.19. The number of nitrogens with zero attached hydrogens (tertiary/aromatic N) is 4. The SMILES string of the molecule is c1ccc(-c2ccc(-c3nc(-c4ccccc4)nc(-c4ccc5oc6ccc7c(-c8ccccc8)nc8ccccc8c7c6c5c4)n3)cc2)cc1. The lowest BCUT2D eigenvalue weighted by molar-refractivity contribution is 0.669. The second kappa shape index (κ2) is 11.9. The van der Waals surface area contributed by atoms with E-state index in [9.17, 15) is 0 Å². The predicted molar refractivity (Wildman–Crippen MR) is 207 cm³/mol. The van der Waals surface area contributed by atoms with Crippen molar-refractivity contribution in [2.24, 2.45) is 0 Å². The van der Waals surface area contributed by atoms with Gasteiger partial charge in [-0.3, -0.25) is 0 Å². The van der Waals surface area contributed by atoms with E-state index in [4.69, 9.17) is 24.4 Å². The molecule has 0 N–H and O–H groups in total. The second-order valence-electron chi connectivity index (χ2n) is 12.6. The van der Waals surface area contributed by atoms with Crippen molar-refractivity contribution in [1.29, 1.82) is 0 Å². The van der Waals surface area contributed by atoms with E-state index in [1.165, 1.54) is 0 Å². The highest BCUT2D eigenvalue weighted by molar-refractivity contribution is 6.28. The molecule has 0 aliphatic rings. The average molecular weight is 653 g/mol. The summed E-state index contributed by atoms with van der Waals surface area (Å²) in [6.07, 6.45) is 0. The van der Waals surface area contributed by atoms with Gasteiger partial charge in [0.05, 0.1) is 11.2 Å². The van der Waals surface area contributed by atoms with Gasteiger partial charge >= 0.3 is 0 Å². The summed E-state index contributed by atoms with van der Waals surface area (Å²) < 4.78 is 6.51. The van der Waals surface area contributed by atoms with Gasteiger partial charge < -0.3 is 4.42 Å². The van der Waals surface area contributed by atoms with Crippen LogP contribution in [0.4, 0.5) is 0 Å². The smallest absolute Gasteiger partial charge is 0.164 e. The zero-order valence-corrected chi connectivity index (χ0v) is 27.4. The molecule has 0 radical (unpaired) electrons. The topological polar surface area (TPSA) is 64.7 Å². The lowest BCUT2D eigenvalue weighted by Crippen LogP contribution is -2.00. The molecule has 0 saturated carbocycles. The maximum absolute atomic E-state index is 6.51. The van der Waals surface area contributed by atoms with Crippen LogP contribution in [0.15, 0.2) is 174 Å². The van der Waals surface area contributed by atoms with Crippen LogP contribution in [0.5, 0.6) is 0 Å². The molecule has 0 saturated heterocycles. The summed E-state index contributed by atoms with van der Waals surface area (Å²) in [6, 6.07) is 58.0. The van der Waals surface area contributed by atoms with Crippen molar-refractivity contribution in [2.75, 3.05) is 0 Å². The van der Waals surface area contributed by atoms with Crippen LogP contribution in [0.1, 0.15) is 0 Å². The van der Waals surface area contributed by atoms with E-state index in [0.717, 1.165) is 82.7 Å². The summed E-state index contributed by atoms with van der Waals surface area (Å²) in [5.41, 5.74) is 9.62. The third kappa shape index (κ3) is 5.03. The van der Waals surface area contributed by atoms with Crippen LogP contribution in [-0.2, 0) is 0 Å². The first-order chi connectivity index (χ1) is 25.3. The number of benzene rings is 7. The molecule has 0 unspecified atom stereocenters. The van der Waals surface area contributed by atoms with Gasteiger partial charge in [-0.15, -0.1) is 0 Å². The van der Waals surface area contributed by atoms with Gasteiger partial charge in [-0.05, 0) is 47.5 Å². The highest BCUT2D eigenvalue weighted by Crippen LogP contribution is 2.42. The lowest BCUT2D eigenvalue weighted by Gasteiger charge is -2.11. The van der Waals surface area contributed by atoms with Crippen molar-refractivity contribution >= 4 is 43.6 Å². The van der Waals surface area contributed by atoms with Crippen molar-refractivity contribution in [1.82, 2.24) is 19.9 Å². The Kier molecular flexibility index (Phi) is 6.74. The number of hydrogen-bond acceptors (Lipinski definition) is 5. The minimum absolute atomic E-state index is 0.596. The van der Waals surface area contributed by atoms with Gasteiger partial charge in [0.1, 0.15) is 11.2 Å². The minimum Gasteiger partial charge on any atom is -0.456 e. The van der Waals surface area contributed by atoms with E-state index >= 15 is 0 Å². The number of furan rings is 1. The monoisotopic (exact) mass is 652 g/mol.